The molecule has 2 rings (SSSR count). The lowest BCUT2D eigenvalue weighted by molar-refractivity contribution is -0.159. The average molecular weight is 346 g/mol. The Labute approximate surface area is 144 Å². The average Bonchev–Trinajstić information content (AvgIpc) is 2.61. The molecule has 0 aliphatic carbocycles. The zero-order valence-electron chi connectivity index (χ0n) is 13.4. The third kappa shape index (κ3) is 7.36. The van der Waals surface area contributed by atoms with Crippen molar-refractivity contribution >= 4 is 11.9 Å². The summed E-state index contributed by atoms with van der Waals surface area (Å²) < 4.78 is 21.0. The van der Waals surface area contributed by atoms with Gasteiger partial charge in [0.25, 0.3) is 6.29 Å². The Balaban J connectivity index is 1.89. The number of hydrogen-bond donors (Lipinski definition) is 1. The fourth-order valence-corrected chi connectivity index (χ4v) is 1.82. The van der Waals surface area contributed by atoms with E-state index in [0.29, 0.717) is 11.5 Å². The van der Waals surface area contributed by atoms with E-state index in [9.17, 15) is 9.59 Å². The number of hydrogen-bond acceptors (Lipinski definition) is 6. The minimum Gasteiger partial charge on any atom is -0.480 e. The summed E-state index contributed by atoms with van der Waals surface area (Å²) in [5, 5.41) is 8.46. The first kappa shape index (κ1) is 18.3. The summed E-state index contributed by atoms with van der Waals surface area (Å²) in [5.41, 5.74) is 0. The Morgan fingerprint density at radius 3 is 1.84 bits per heavy atom. The number of carboxylic acids is 1. The van der Waals surface area contributed by atoms with Crippen molar-refractivity contribution in [2.24, 2.45) is 0 Å². The lowest BCUT2D eigenvalue weighted by Crippen LogP contribution is -2.31. The highest BCUT2D eigenvalue weighted by Crippen LogP contribution is 2.16. The predicted octanol–water partition coefficient (Wildman–Crippen LogP) is 2.11. The van der Waals surface area contributed by atoms with Gasteiger partial charge in [-0.25, -0.2) is 9.59 Å². The van der Waals surface area contributed by atoms with E-state index >= 15 is 0 Å². The van der Waals surface area contributed by atoms with Gasteiger partial charge in [-0.1, -0.05) is 36.4 Å². The molecule has 0 saturated heterocycles. The molecule has 7 heteroatoms. The van der Waals surface area contributed by atoms with Crippen LogP contribution in [0.3, 0.4) is 0 Å². The molecule has 25 heavy (non-hydrogen) atoms. The maximum atomic E-state index is 11.6. The molecule has 0 aromatic heterocycles. The van der Waals surface area contributed by atoms with Gasteiger partial charge in [0.05, 0.1) is 0 Å². The second-order valence-electron chi connectivity index (χ2n) is 4.86. The predicted molar refractivity (Wildman–Crippen MR) is 87.3 cm³/mol. The summed E-state index contributed by atoms with van der Waals surface area (Å²) in [5.74, 6) is -0.756. The van der Waals surface area contributed by atoms with Crippen LogP contribution in [0.4, 0.5) is 0 Å². The molecule has 0 saturated carbocycles. The van der Waals surface area contributed by atoms with Crippen molar-refractivity contribution in [1.29, 1.82) is 0 Å². The van der Waals surface area contributed by atoms with Crippen LogP contribution in [0.15, 0.2) is 60.7 Å². The molecular weight excluding hydrogens is 328 g/mol. The molecule has 0 aliphatic rings. The SMILES string of the molecule is O=C(O)COCC(=O)OCC(Oc1ccccc1)Oc1ccccc1. The number of aliphatic carboxylic acids is 1. The van der Waals surface area contributed by atoms with Gasteiger partial charge in [0.15, 0.2) is 6.61 Å². The Bertz CT molecular complexity index is 616. The Kier molecular flexibility index (Phi) is 7.27. The highest BCUT2D eigenvalue weighted by molar-refractivity contribution is 5.72. The van der Waals surface area contributed by atoms with Gasteiger partial charge < -0.3 is 24.1 Å². The van der Waals surface area contributed by atoms with Crippen molar-refractivity contribution in [2.45, 2.75) is 6.29 Å². The molecule has 1 N–H and O–H groups in total. The summed E-state index contributed by atoms with van der Waals surface area (Å²) in [6.45, 7) is -1.21. The number of esters is 1. The Morgan fingerprint density at radius 1 is 0.840 bits per heavy atom. The molecule has 0 unspecified atom stereocenters. The molecule has 7 nitrogen and oxygen atoms in total. The first-order chi connectivity index (χ1) is 12.1. The fraction of sp³-hybridized carbons (Fsp3) is 0.222. The van der Waals surface area contributed by atoms with Crippen LogP contribution < -0.4 is 9.47 Å². The van der Waals surface area contributed by atoms with Gasteiger partial charge in [-0.2, -0.15) is 0 Å². The largest absolute Gasteiger partial charge is 0.480 e. The number of carboxylic acid groups (broad SMARTS) is 1. The van der Waals surface area contributed by atoms with Crippen molar-refractivity contribution in [3.05, 3.63) is 60.7 Å². The molecular formula is C18H18O7. The highest BCUT2D eigenvalue weighted by Gasteiger charge is 2.16. The smallest absolute Gasteiger partial charge is 0.332 e. The standard InChI is InChI=1S/C18H18O7/c19-16(20)11-22-12-17(21)23-13-18(24-14-7-3-1-4-8-14)25-15-9-5-2-6-10-15/h1-10,18H,11-13H2,(H,19,20). The van der Waals surface area contributed by atoms with Crippen molar-refractivity contribution in [3.8, 4) is 11.5 Å². The van der Waals surface area contributed by atoms with Gasteiger partial charge in [-0.15, -0.1) is 0 Å². The summed E-state index contributed by atoms with van der Waals surface area (Å²) >= 11 is 0. The number of rotatable bonds is 10. The lowest BCUT2D eigenvalue weighted by atomic mass is 10.3. The van der Waals surface area contributed by atoms with E-state index in [1.54, 1.807) is 48.5 Å². The van der Waals surface area contributed by atoms with E-state index in [-0.39, 0.29) is 6.61 Å². The molecule has 0 fully saturated rings. The molecule has 2 aromatic rings. The first-order valence-corrected chi connectivity index (χ1v) is 7.52. The maximum absolute atomic E-state index is 11.6. The fourth-order valence-electron chi connectivity index (χ4n) is 1.82. The number of ether oxygens (including phenoxy) is 4. The van der Waals surface area contributed by atoms with E-state index in [2.05, 4.69) is 4.74 Å². The summed E-state index contributed by atoms with van der Waals surface area (Å²) in [7, 11) is 0. The van der Waals surface area contributed by atoms with Crippen molar-refractivity contribution in [1.82, 2.24) is 0 Å². The van der Waals surface area contributed by atoms with Crippen molar-refractivity contribution < 1.29 is 33.6 Å². The molecule has 0 aliphatic heterocycles. The van der Waals surface area contributed by atoms with Crippen molar-refractivity contribution in [3.63, 3.8) is 0 Å². The van der Waals surface area contributed by atoms with E-state index in [1.807, 2.05) is 12.1 Å². The summed E-state index contributed by atoms with van der Waals surface area (Å²) in [6.07, 6.45) is -0.867. The minimum absolute atomic E-state index is 0.181. The quantitative estimate of drug-likeness (QED) is 0.520. The first-order valence-electron chi connectivity index (χ1n) is 7.52. The molecule has 0 atom stereocenters. The van der Waals surface area contributed by atoms with E-state index in [1.165, 1.54) is 0 Å². The third-order valence-electron chi connectivity index (χ3n) is 2.85. The normalized spacial score (nSPS) is 10.3. The van der Waals surface area contributed by atoms with Gasteiger partial charge >= 0.3 is 11.9 Å². The molecule has 0 bridgehead atoms. The number of benzene rings is 2. The van der Waals surface area contributed by atoms with Crippen LogP contribution in [0, 0.1) is 0 Å². The molecule has 0 radical (unpaired) electrons. The van der Waals surface area contributed by atoms with Crippen LogP contribution >= 0.6 is 0 Å². The third-order valence-corrected chi connectivity index (χ3v) is 2.85. The summed E-state index contributed by atoms with van der Waals surface area (Å²) in [4.78, 5) is 21.9. The Morgan fingerprint density at radius 2 is 1.36 bits per heavy atom. The van der Waals surface area contributed by atoms with Gasteiger partial charge in [-0.05, 0) is 24.3 Å². The van der Waals surface area contributed by atoms with Crippen LogP contribution in [0.2, 0.25) is 0 Å². The maximum Gasteiger partial charge on any atom is 0.332 e. The van der Waals surface area contributed by atoms with Crippen LogP contribution in [0.5, 0.6) is 11.5 Å². The zero-order valence-corrected chi connectivity index (χ0v) is 13.4. The minimum atomic E-state index is -1.16. The van der Waals surface area contributed by atoms with E-state index in [0.717, 1.165) is 0 Å². The van der Waals surface area contributed by atoms with Gasteiger partial charge in [0.2, 0.25) is 0 Å². The van der Waals surface area contributed by atoms with E-state index < -0.39 is 31.4 Å². The number of carbonyl (C=O) groups excluding carboxylic acids is 1. The molecule has 0 heterocycles. The number of carbonyl (C=O) groups is 2. The Hall–Kier alpha value is -3.06. The van der Waals surface area contributed by atoms with Crippen LogP contribution in [0.1, 0.15) is 0 Å². The van der Waals surface area contributed by atoms with Crippen molar-refractivity contribution in [2.75, 3.05) is 19.8 Å². The van der Waals surface area contributed by atoms with Gasteiger partial charge in [0.1, 0.15) is 24.7 Å². The van der Waals surface area contributed by atoms with Crippen LogP contribution in [-0.4, -0.2) is 43.2 Å². The monoisotopic (exact) mass is 346 g/mol. The molecule has 0 amide bonds. The van der Waals surface area contributed by atoms with Gasteiger partial charge in [0, 0.05) is 0 Å². The van der Waals surface area contributed by atoms with Gasteiger partial charge in [-0.3, -0.25) is 0 Å². The topological polar surface area (TPSA) is 91.3 Å². The second kappa shape index (κ2) is 9.94. The number of para-hydroxylation sites is 2. The lowest BCUT2D eigenvalue weighted by Gasteiger charge is -2.20. The van der Waals surface area contributed by atoms with Crippen LogP contribution in [0.25, 0.3) is 0 Å². The molecule has 2 aromatic carbocycles. The molecule has 132 valence electrons. The molecule has 0 spiro atoms. The zero-order chi connectivity index (χ0) is 17.9. The van der Waals surface area contributed by atoms with Crippen LogP contribution in [-0.2, 0) is 19.1 Å². The highest BCUT2D eigenvalue weighted by atomic mass is 16.7. The summed E-state index contributed by atoms with van der Waals surface area (Å²) in [6, 6.07) is 17.9. The second-order valence-corrected chi connectivity index (χ2v) is 4.86. The van der Waals surface area contributed by atoms with E-state index in [4.69, 9.17) is 19.3 Å².